The summed E-state index contributed by atoms with van der Waals surface area (Å²) in [6.45, 7) is 7.81. The maximum atomic E-state index is 13.8. The molecular weight excluding hydrogens is 634 g/mol. The number of thiazole rings is 1. The summed E-state index contributed by atoms with van der Waals surface area (Å²) < 4.78 is 14.7. The zero-order valence-corrected chi connectivity index (χ0v) is 25.4. The van der Waals surface area contributed by atoms with E-state index >= 15 is 0 Å². The summed E-state index contributed by atoms with van der Waals surface area (Å²) >= 11 is 8.38. The number of nitrogens with zero attached hydrogens (tertiary/aromatic N) is 3. The highest BCUT2D eigenvalue weighted by Crippen LogP contribution is 2.35. The molecule has 1 aliphatic rings. The average Bonchev–Trinajstić information content (AvgIpc) is 3.17. The van der Waals surface area contributed by atoms with Crippen molar-refractivity contribution in [3.8, 4) is 5.75 Å². The van der Waals surface area contributed by atoms with Crippen molar-refractivity contribution in [1.82, 2.24) is 4.57 Å². The molecule has 4 rings (SSSR count). The Balaban J connectivity index is 1.88. The molecule has 0 spiro atoms. The Kier molecular flexibility index (Phi) is 8.74. The van der Waals surface area contributed by atoms with Crippen molar-refractivity contribution in [2.75, 3.05) is 32.2 Å². The average molecular weight is 661 g/mol. The van der Waals surface area contributed by atoms with Crippen LogP contribution in [0.2, 0.25) is 0 Å². The predicted molar refractivity (Wildman–Crippen MR) is 159 cm³/mol. The van der Waals surface area contributed by atoms with E-state index < -0.39 is 12.0 Å². The van der Waals surface area contributed by atoms with Gasteiger partial charge in [0.25, 0.3) is 5.56 Å². The van der Waals surface area contributed by atoms with Gasteiger partial charge in [0.05, 0.1) is 37.4 Å². The molecule has 0 amide bonds. The Bertz CT molecular complexity index is 1580. The minimum absolute atomic E-state index is 0.225. The van der Waals surface area contributed by atoms with E-state index in [4.69, 9.17) is 9.47 Å². The largest absolute Gasteiger partial charge is 0.487 e. The third-order valence-corrected chi connectivity index (χ3v) is 8.07. The van der Waals surface area contributed by atoms with E-state index in [0.717, 1.165) is 25.8 Å². The number of hydrogen-bond acceptors (Lipinski definition) is 7. The third-order valence-electron chi connectivity index (χ3n) is 5.91. The van der Waals surface area contributed by atoms with Crippen molar-refractivity contribution in [2.45, 2.75) is 19.9 Å². The van der Waals surface area contributed by atoms with Crippen LogP contribution in [0.4, 0.5) is 5.69 Å². The fourth-order valence-electron chi connectivity index (χ4n) is 4.16. The van der Waals surface area contributed by atoms with Gasteiger partial charge in [0.15, 0.2) is 4.80 Å². The summed E-state index contributed by atoms with van der Waals surface area (Å²) in [5.41, 5.74) is 3.27. The van der Waals surface area contributed by atoms with Gasteiger partial charge in [-0.2, -0.15) is 0 Å². The molecule has 0 N–H and O–H groups in total. The van der Waals surface area contributed by atoms with E-state index in [2.05, 4.69) is 43.4 Å². The van der Waals surface area contributed by atoms with Crippen LogP contribution in [0.3, 0.4) is 0 Å². The lowest BCUT2D eigenvalue weighted by Gasteiger charge is -2.25. The van der Waals surface area contributed by atoms with Gasteiger partial charge in [-0.1, -0.05) is 36.1 Å². The summed E-state index contributed by atoms with van der Waals surface area (Å²) in [6.07, 6.45) is 3.48. The molecule has 2 heterocycles. The van der Waals surface area contributed by atoms with Gasteiger partial charge in [-0.05, 0) is 87.2 Å². The summed E-state index contributed by atoms with van der Waals surface area (Å²) in [5.74, 6) is 0.173. The number of carbonyl (C=O) groups is 1. The zero-order chi connectivity index (χ0) is 27.6. The lowest BCUT2D eigenvalue weighted by atomic mass is 9.95. The number of aromatic nitrogens is 1. The van der Waals surface area contributed by atoms with Crippen molar-refractivity contribution in [2.24, 2.45) is 4.99 Å². The van der Waals surface area contributed by atoms with E-state index in [1.807, 2.05) is 61.5 Å². The number of esters is 1. The van der Waals surface area contributed by atoms with Gasteiger partial charge in [0.1, 0.15) is 12.4 Å². The monoisotopic (exact) mass is 659 g/mol. The number of rotatable bonds is 8. The number of hydrogen-bond donors (Lipinski definition) is 0. The van der Waals surface area contributed by atoms with Crippen LogP contribution in [0.1, 0.15) is 31.0 Å². The number of halogens is 2. The molecule has 0 aliphatic carbocycles. The molecule has 1 aliphatic heterocycles. The summed E-state index contributed by atoms with van der Waals surface area (Å²) in [7, 11) is 3.92. The minimum atomic E-state index is -0.656. The Morgan fingerprint density at radius 2 is 1.87 bits per heavy atom. The number of benzene rings is 2. The molecule has 1 atom stereocenters. The van der Waals surface area contributed by atoms with Crippen molar-refractivity contribution in [3.05, 3.63) is 100 Å². The maximum Gasteiger partial charge on any atom is 0.338 e. The summed E-state index contributed by atoms with van der Waals surface area (Å²) in [5, 5.41) is 0. The molecule has 2 aromatic carbocycles. The number of fused-ring (bicyclic) bond motifs is 1. The molecule has 198 valence electrons. The lowest BCUT2D eigenvalue weighted by molar-refractivity contribution is -0.139. The first kappa shape index (κ1) is 28.1. The second-order valence-electron chi connectivity index (χ2n) is 8.70. The van der Waals surface area contributed by atoms with Crippen LogP contribution in [0.25, 0.3) is 6.08 Å². The molecule has 10 heteroatoms. The molecule has 0 bridgehead atoms. The Hall–Kier alpha value is -2.95. The number of anilines is 1. The van der Waals surface area contributed by atoms with Gasteiger partial charge >= 0.3 is 5.97 Å². The molecule has 1 unspecified atom stereocenters. The normalized spacial score (nSPS) is 15.1. The predicted octanol–water partition coefficient (Wildman–Crippen LogP) is 4.95. The molecule has 3 aromatic rings. The molecule has 0 radical (unpaired) electrons. The van der Waals surface area contributed by atoms with E-state index in [-0.39, 0.29) is 12.2 Å². The lowest BCUT2D eigenvalue weighted by Crippen LogP contribution is -2.39. The van der Waals surface area contributed by atoms with E-state index in [0.29, 0.717) is 33.0 Å². The van der Waals surface area contributed by atoms with E-state index in [1.54, 1.807) is 24.5 Å². The molecule has 7 nitrogen and oxygen atoms in total. The molecule has 1 aromatic heterocycles. The SMILES string of the molecule is C=CCOc1c(Br)cc(C=c2sc3n(c2=O)C(c2ccc(N(C)C)cc2)C(C(=O)OCC)=C(C)N=3)cc1Br. The quantitative estimate of drug-likeness (QED) is 0.253. The van der Waals surface area contributed by atoms with Crippen molar-refractivity contribution in [1.29, 1.82) is 0 Å². The van der Waals surface area contributed by atoms with E-state index in [9.17, 15) is 9.59 Å². The van der Waals surface area contributed by atoms with Gasteiger partial charge in [0.2, 0.25) is 0 Å². The topological polar surface area (TPSA) is 73.1 Å². The Morgan fingerprint density at radius 1 is 1.21 bits per heavy atom. The minimum Gasteiger partial charge on any atom is -0.487 e. The van der Waals surface area contributed by atoms with Crippen LogP contribution >= 0.6 is 43.2 Å². The van der Waals surface area contributed by atoms with Gasteiger partial charge in [0, 0.05) is 19.8 Å². The molecule has 0 fully saturated rings. The first-order chi connectivity index (χ1) is 18.2. The third kappa shape index (κ3) is 5.57. The first-order valence-corrected chi connectivity index (χ1v) is 14.3. The highest BCUT2D eigenvalue weighted by molar-refractivity contribution is 9.11. The van der Waals surface area contributed by atoms with Crippen LogP contribution < -0.4 is 24.5 Å². The van der Waals surface area contributed by atoms with Gasteiger partial charge < -0.3 is 14.4 Å². The van der Waals surface area contributed by atoms with Crippen LogP contribution in [0.15, 0.2) is 79.1 Å². The fraction of sp³-hybridized carbons (Fsp3) is 0.250. The number of allylic oxidation sites excluding steroid dienone is 1. The van der Waals surface area contributed by atoms with Crippen LogP contribution in [0.5, 0.6) is 5.75 Å². The maximum absolute atomic E-state index is 13.8. The molecule has 38 heavy (non-hydrogen) atoms. The molecule has 0 saturated heterocycles. The Morgan fingerprint density at radius 3 is 2.45 bits per heavy atom. The highest BCUT2D eigenvalue weighted by Gasteiger charge is 2.33. The van der Waals surface area contributed by atoms with Crippen LogP contribution in [-0.2, 0) is 9.53 Å². The molecular formula is C28H27Br2N3O4S. The Labute approximate surface area is 241 Å². The highest BCUT2D eigenvalue weighted by atomic mass is 79.9. The molecule has 0 saturated carbocycles. The van der Waals surface area contributed by atoms with Crippen molar-refractivity contribution >= 4 is 60.9 Å². The first-order valence-electron chi connectivity index (χ1n) is 11.9. The van der Waals surface area contributed by atoms with Crippen molar-refractivity contribution in [3.63, 3.8) is 0 Å². The van der Waals surface area contributed by atoms with Crippen LogP contribution in [0, 0.1) is 0 Å². The van der Waals surface area contributed by atoms with Gasteiger partial charge in [-0.3, -0.25) is 9.36 Å². The zero-order valence-electron chi connectivity index (χ0n) is 21.5. The summed E-state index contributed by atoms with van der Waals surface area (Å²) in [6, 6.07) is 10.9. The second kappa shape index (κ2) is 11.8. The van der Waals surface area contributed by atoms with Gasteiger partial charge in [-0.15, -0.1) is 0 Å². The van der Waals surface area contributed by atoms with Gasteiger partial charge in [-0.25, -0.2) is 9.79 Å². The second-order valence-corrected chi connectivity index (χ2v) is 11.4. The van der Waals surface area contributed by atoms with E-state index in [1.165, 1.54) is 11.3 Å². The number of carbonyl (C=O) groups excluding carboxylic acids is 1. The fourth-order valence-corrected chi connectivity index (χ4v) is 6.65. The van der Waals surface area contributed by atoms with Crippen molar-refractivity contribution < 1.29 is 14.3 Å². The standard InChI is InChI=1S/C28H27Br2N3O4S/c1-6-12-37-25-20(29)13-17(14-21(25)30)15-22-26(34)33-24(18-8-10-19(11-9-18)32(4)5)23(27(35)36-7-2)16(3)31-28(33)38-22/h6,8-11,13-15,24H,1,7,12H2,2-5H3. The number of ether oxygens (including phenoxy) is 2. The summed E-state index contributed by atoms with van der Waals surface area (Å²) in [4.78, 5) is 34.1. The van der Waals surface area contributed by atoms with Crippen LogP contribution in [-0.4, -0.2) is 37.8 Å². The smallest absolute Gasteiger partial charge is 0.338 e.